The molecule has 0 radical (unpaired) electrons. The van der Waals surface area contributed by atoms with E-state index in [1.807, 2.05) is 0 Å². The summed E-state index contributed by atoms with van der Waals surface area (Å²) in [6.07, 6.45) is 6.11. The molecule has 3 aliphatic carbocycles. The third kappa shape index (κ3) is 2.51. The Morgan fingerprint density at radius 1 is 1.09 bits per heavy atom. The molecule has 3 nitrogen and oxygen atoms in total. The van der Waals surface area contributed by atoms with Crippen LogP contribution in [0.4, 0.5) is 0 Å². The average molecular weight is 322 g/mol. The van der Waals surface area contributed by atoms with Crippen molar-refractivity contribution in [3.63, 3.8) is 0 Å². The van der Waals surface area contributed by atoms with Gasteiger partial charge in [0.1, 0.15) is 0 Å². The summed E-state index contributed by atoms with van der Waals surface area (Å²) in [7, 11) is 0. The van der Waals surface area contributed by atoms with Crippen LogP contribution in [0.2, 0.25) is 0 Å². The van der Waals surface area contributed by atoms with Gasteiger partial charge in [0, 0.05) is 5.41 Å². The summed E-state index contributed by atoms with van der Waals surface area (Å²) in [6.45, 7) is 8.98. The smallest absolute Gasteiger partial charge is 0.0827 e. The molecular weight excluding hydrogens is 288 g/mol. The minimum Gasteiger partial charge on any atom is -0.394 e. The monoisotopic (exact) mass is 322 g/mol. The molecule has 3 N–H and O–H groups in total. The van der Waals surface area contributed by atoms with Gasteiger partial charge in [0.05, 0.1) is 18.8 Å². The highest BCUT2D eigenvalue weighted by atomic mass is 16.3. The van der Waals surface area contributed by atoms with Gasteiger partial charge in [-0.1, -0.05) is 38.8 Å². The molecule has 0 aromatic heterocycles. The molecule has 3 aliphatic rings. The number of rotatable bonds is 2. The van der Waals surface area contributed by atoms with Gasteiger partial charge < -0.3 is 15.3 Å². The summed E-state index contributed by atoms with van der Waals surface area (Å²) in [5.41, 5.74) is 2.92. The first-order valence-corrected chi connectivity index (χ1v) is 9.33. The topological polar surface area (TPSA) is 60.7 Å². The Hall–Kier alpha value is -0.380. The predicted molar refractivity (Wildman–Crippen MR) is 91.9 cm³/mol. The van der Waals surface area contributed by atoms with Crippen molar-refractivity contribution in [1.29, 1.82) is 0 Å². The van der Waals surface area contributed by atoms with E-state index in [4.69, 9.17) is 0 Å². The molecule has 5 atom stereocenters. The second kappa shape index (κ2) is 5.57. The van der Waals surface area contributed by atoms with Crippen LogP contribution in [0.5, 0.6) is 0 Å². The van der Waals surface area contributed by atoms with Crippen molar-refractivity contribution in [2.45, 2.75) is 84.8 Å². The van der Waals surface area contributed by atoms with Gasteiger partial charge in [-0.3, -0.25) is 0 Å². The van der Waals surface area contributed by atoms with Gasteiger partial charge >= 0.3 is 0 Å². The van der Waals surface area contributed by atoms with Crippen molar-refractivity contribution in [2.24, 2.45) is 22.2 Å². The molecule has 0 heterocycles. The van der Waals surface area contributed by atoms with Crippen LogP contribution in [-0.2, 0) is 0 Å². The van der Waals surface area contributed by atoms with Crippen LogP contribution in [-0.4, -0.2) is 34.1 Å². The minimum atomic E-state index is -0.644. The lowest BCUT2D eigenvalue weighted by Crippen LogP contribution is -2.54. The van der Waals surface area contributed by atoms with E-state index in [0.29, 0.717) is 5.92 Å². The molecule has 0 aromatic rings. The van der Waals surface area contributed by atoms with Crippen LogP contribution in [0.25, 0.3) is 0 Å². The highest BCUT2D eigenvalue weighted by Crippen LogP contribution is 2.63. The van der Waals surface area contributed by atoms with E-state index in [9.17, 15) is 15.3 Å². The van der Waals surface area contributed by atoms with Gasteiger partial charge in [0.25, 0.3) is 0 Å². The normalized spacial score (nSPS) is 44.5. The molecule has 1 fully saturated rings. The quantitative estimate of drug-likeness (QED) is 0.683. The molecule has 3 rings (SSSR count). The van der Waals surface area contributed by atoms with Gasteiger partial charge in [0.15, 0.2) is 0 Å². The maximum Gasteiger partial charge on any atom is 0.0827 e. The Balaban J connectivity index is 1.98. The molecule has 3 heteroatoms. The van der Waals surface area contributed by atoms with Crippen molar-refractivity contribution in [3.05, 3.63) is 11.1 Å². The summed E-state index contributed by atoms with van der Waals surface area (Å²) < 4.78 is 0. The van der Waals surface area contributed by atoms with E-state index in [0.717, 1.165) is 44.9 Å². The van der Waals surface area contributed by atoms with E-state index >= 15 is 0 Å². The Kier molecular flexibility index (Phi) is 4.23. The Bertz CT molecular complexity index is 509. The molecule has 0 amide bonds. The summed E-state index contributed by atoms with van der Waals surface area (Å²) >= 11 is 0. The van der Waals surface area contributed by atoms with Crippen LogP contribution in [0.15, 0.2) is 11.1 Å². The first-order chi connectivity index (χ1) is 10.6. The molecule has 0 aromatic carbocycles. The average Bonchev–Trinajstić information content (AvgIpc) is 2.50. The van der Waals surface area contributed by atoms with Crippen LogP contribution in [0, 0.1) is 22.2 Å². The molecule has 0 aliphatic heterocycles. The van der Waals surface area contributed by atoms with Crippen LogP contribution in [0.1, 0.15) is 72.6 Å². The number of allylic oxidation sites excluding steroid dienone is 1. The second-order valence-corrected chi connectivity index (χ2v) is 9.53. The van der Waals surface area contributed by atoms with Crippen LogP contribution >= 0.6 is 0 Å². The zero-order valence-electron chi connectivity index (χ0n) is 15.2. The fourth-order valence-corrected chi connectivity index (χ4v) is 6.11. The van der Waals surface area contributed by atoms with E-state index in [2.05, 4.69) is 27.7 Å². The van der Waals surface area contributed by atoms with Gasteiger partial charge in [0.2, 0.25) is 0 Å². The number of fused-ring (bicyclic) bond motifs is 2. The zero-order valence-corrected chi connectivity index (χ0v) is 15.2. The lowest BCUT2D eigenvalue weighted by molar-refractivity contribution is -0.0933. The number of aliphatic hydroxyl groups excluding tert-OH is 3. The number of aliphatic hydroxyl groups is 3. The van der Waals surface area contributed by atoms with Crippen molar-refractivity contribution in [2.75, 3.05) is 6.61 Å². The Morgan fingerprint density at radius 2 is 1.78 bits per heavy atom. The van der Waals surface area contributed by atoms with Gasteiger partial charge in [-0.2, -0.15) is 0 Å². The molecule has 0 spiro atoms. The van der Waals surface area contributed by atoms with Gasteiger partial charge in [-0.15, -0.1) is 0 Å². The first kappa shape index (κ1) is 17.4. The third-order valence-corrected chi connectivity index (χ3v) is 7.77. The number of hydrogen-bond acceptors (Lipinski definition) is 3. The van der Waals surface area contributed by atoms with Crippen molar-refractivity contribution >= 4 is 0 Å². The number of hydrogen-bond donors (Lipinski definition) is 3. The summed E-state index contributed by atoms with van der Waals surface area (Å²) in [5, 5.41) is 30.5. The van der Waals surface area contributed by atoms with Crippen molar-refractivity contribution < 1.29 is 15.3 Å². The molecule has 0 bridgehead atoms. The largest absolute Gasteiger partial charge is 0.394 e. The van der Waals surface area contributed by atoms with E-state index in [-0.39, 0.29) is 29.0 Å². The maximum atomic E-state index is 10.9. The summed E-state index contributed by atoms with van der Waals surface area (Å²) in [4.78, 5) is 0. The Labute approximate surface area is 140 Å². The van der Waals surface area contributed by atoms with E-state index < -0.39 is 6.10 Å². The minimum absolute atomic E-state index is 0.0964. The standard InChI is InChI=1S/C20H34O3/c1-18(2)9-8-16(22)20(4)14-7-10-19(3,17(23)12-21)11-13(14)5-6-15(18)20/h15-17,21-23H,5-12H2,1-4H3. The fourth-order valence-electron chi connectivity index (χ4n) is 6.11. The fraction of sp³-hybridized carbons (Fsp3) is 0.900. The third-order valence-electron chi connectivity index (χ3n) is 7.77. The summed E-state index contributed by atoms with van der Waals surface area (Å²) in [6, 6.07) is 0. The zero-order chi connectivity index (χ0) is 17.0. The SMILES string of the molecule is CC1(C)CCC(O)C2(C)C3=C(CCC12)CC(C)(C(O)CO)CC3. The van der Waals surface area contributed by atoms with Crippen LogP contribution < -0.4 is 0 Å². The molecule has 1 saturated carbocycles. The second-order valence-electron chi connectivity index (χ2n) is 9.53. The molecule has 132 valence electrons. The van der Waals surface area contributed by atoms with Crippen molar-refractivity contribution in [1.82, 2.24) is 0 Å². The van der Waals surface area contributed by atoms with Crippen molar-refractivity contribution in [3.8, 4) is 0 Å². The lowest BCUT2D eigenvalue weighted by atomic mass is 9.47. The van der Waals surface area contributed by atoms with Crippen LogP contribution in [0.3, 0.4) is 0 Å². The van der Waals surface area contributed by atoms with E-state index in [1.165, 1.54) is 11.1 Å². The molecule has 5 unspecified atom stereocenters. The summed E-state index contributed by atoms with van der Waals surface area (Å²) in [5.74, 6) is 0.546. The Morgan fingerprint density at radius 3 is 2.43 bits per heavy atom. The highest BCUT2D eigenvalue weighted by molar-refractivity contribution is 5.33. The maximum absolute atomic E-state index is 10.9. The van der Waals surface area contributed by atoms with Gasteiger partial charge in [-0.05, 0) is 61.7 Å². The van der Waals surface area contributed by atoms with Gasteiger partial charge in [-0.25, -0.2) is 0 Å². The molecule has 23 heavy (non-hydrogen) atoms. The molecular formula is C20H34O3. The molecule has 0 saturated heterocycles. The first-order valence-electron chi connectivity index (χ1n) is 9.33. The lowest BCUT2D eigenvalue weighted by Gasteiger charge is -2.59. The van der Waals surface area contributed by atoms with E-state index in [1.54, 1.807) is 0 Å². The predicted octanol–water partition coefficient (Wildman–Crippen LogP) is 3.42. The highest BCUT2D eigenvalue weighted by Gasteiger charge is 2.56.